The SMILES string of the molecule is CC(C)CNCc1ccc(S(=O)(=O)NC(C)CS(C)=O)o1. The quantitative estimate of drug-likeness (QED) is 0.704. The summed E-state index contributed by atoms with van der Waals surface area (Å²) in [5, 5.41) is 3.07. The van der Waals surface area contributed by atoms with E-state index in [0.29, 0.717) is 18.2 Å². The molecule has 0 spiro atoms. The van der Waals surface area contributed by atoms with Crippen molar-refractivity contribution in [1.82, 2.24) is 10.0 Å². The molecule has 0 aromatic carbocycles. The summed E-state index contributed by atoms with van der Waals surface area (Å²) in [5.74, 6) is 1.35. The molecule has 0 radical (unpaired) electrons. The maximum absolute atomic E-state index is 12.1. The largest absolute Gasteiger partial charge is 0.447 e. The number of furan rings is 1. The first-order valence-electron chi connectivity index (χ1n) is 6.82. The highest BCUT2D eigenvalue weighted by atomic mass is 32.2. The van der Waals surface area contributed by atoms with Crippen LogP contribution in [0.2, 0.25) is 0 Å². The van der Waals surface area contributed by atoms with E-state index in [0.717, 1.165) is 6.54 Å². The second-order valence-electron chi connectivity index (χ2n) is 5.51. The number of nitrogens with one attached hydrogen (secondary N) is 2. The molecule has 1 rings (SSSR count). The van der Waals surface area contributed by atoms with Gasteiger partial charge in [0.25, 0.3) is 10.0 Å². The van der Waals surface area contributed by atoms with Crippen LogP contribution < -0.4 is 10.0 Å². The van der Waals surface area contributed by atoms with Gasteiger partial charge in [-0.3, -0.25) is 4.21 Å². The van der Waals surface area contributed by atoms with Crippen molar-refractivity contribution in [3.05, 3.63) is 17.9 Å². The average molecular weight is 336 g/mol. The zero-order valence-electron chi connectivity index (χ0n) is 12.9. The van der Waals surface area contributed by atoms with Crippen molar-refractivity contribution >= 4 is 20.8 Å². The number of rotatable bonds is 9. The van der Waals surface area contributed by atoms with Gasteiger partial charge < -0.3 is 9.73 Å². The summed E-state index contributed by atoms with van der Waals surface area (Å²) >= 11 is 0. The first-order chi connectivity index (χ1) is 9.70. The van der Waals surface area contributed by atoms with Crippen LogP contribution in [0, 0.1) is 5.92 Å². The normalized spacial score (nSPS) is 15.3. The Kier molecular flexibility index (Phi) is 7.05. The van der Waals surface area contributed by atoms with Crippen molar-refractivity contribution in [1.29, 1.82) is 0 Å². The molecule has 2 N–H and O–H groups in total. The van der Waals surface area contributed by atoms with Gasteiger partial charge in [0, 0.05) is 28.9 Å². The van der Waals surface area contributed by atoms with Gasteiger partial charge in [-0.2, -0.15) is 0 Å². The van der Waals surface area contributed by atoms with E-state index in [2.05, 4.69) is 23.9 Å². The van der Waals surface area contributed by atoms with Gasteiger partial charge in [0.2, 0.25) is 5.09 Å². The lowest BCUT2D eigenvalue weighted by atomic mass is 10.2. The van der Waals surface area contributed by atoms with Crippen LogP contribution in [0.1, 0.15) is 26.5 Å². The molecular formula is C13H24N2O4S2. The molecule has 6 nitrogen and oxygen atoms in total. The lowest BCUT2D eigenvalue weighted by Crippen LogP contribution is -2.36. The maximum Gasteiger partial charge on any atom is 0.274 e. The second-order valence-corrected chi connectivity index (χ2v) is 8.63. The molecule has 122 valence electrons. The molecule has 0 saturated carbocycles. The molecule has 1 aromatic heterocycles. The van der Waals surface area contributed by atoms with E-state index in [9.17, 15) is 12.6 Å². The van der Waals surface area contributed by atoms with Crippen molar-refractivity contribution in [2.24, 2.45) is 5.92 Å². The van der Waals surface area contributed by atoms with E-state index in [1.54, 1.807) is 13.0 Å². The van der Waals surface area contributed by atoms with E-state index in [4.69, 9.17) is 4.42 Å². The fourth-order valence-corrected chi connectivity index (χ4v) is 3.88. The maximum atomic E-state index is 12.1. The molecule has 1 aromatic rings. The Morgan fingerprint density at radius 1 is 1.29 bits per heavy atom. The molecule has 2 unspecified atom stereocenters. The average Bonchev–Trinajstić information content (AvgIpc) is 2.75. The highest BCUT2D eigenvalue weighted by Gasteiger charge is 2.21. The molecule has 0 aliphatic rings. The van der Waals surface area contributed by atoms with Crippen LogP contribution in [0.5, 0.6) is 0 Å². The van der Waals surface area contributed by atoms with Crippen LogP contribution in [0.3, 0.4) is 0 Å². The van der Waals surface area contributed by atoms with Gasteiger partial charge in [0.1, 0.15) is 5.76 Å². The Bertz CT molecular complexity index is 566. The number of sulfonamides is 1. The zero-order chi connectivity index (χ0) is 16.0. The fourth-order valence-electron chi connectivity index (χ4n) is 1.79. The predicted molar refractivity (Wildman–Crippen MR) is 84.0 cm³/mol. The first-order valence-corrected chi connectivity index (χ1v) is 10.0. The van der Waals surface area contributed by atoms with E-state index in [1.165, 1.54) is 12.3 Å². The summed E-state index contributed by atoms with van der Waals surface area (Å²) in [6.07, 6.45) is 1.54. The zero-order valence-corrected chi connectivity index (χ0v) is 14.5. The van der Waals surface area contributed by atoms with Gasteiger partial charge in [-0.1, -0.05) is 13.8 Å². The smallest absolute Gasteiger partial charge is 0.274 e. The summed E-state index contributed by atoms with van der Waals surface area (Å²) < 4.78 is 43.1. The second kappa shape index (κ2) is 8.07. The third-order valence-electron chi connectivity index (χ3n) is 2.59. The molecule has 8 heteroatoms. The molecule has 2 atom stereocenters. The standard InChI is InChI=1S/C13H24N2O4S2/c1-10(2)7-14-8-12-5-6-13(19-12)21(17,18)15-11(3)9-20(4)16/h5-6,10-11,14-15H,7-9H2,1-4H3. The summed E-state index contributed by atoms with van der Waals surface area (Å²) in [6, 6.07) is 2.67. The molecule has 0 aliphatic heterocycles. The van der Waals surface area contributed by atoms with Crippen molar-refractivity contribution in [2.45, 2.75) is 38.5 Å². The van der Waals surface area contributed by atoms with Gasteiger partial charge in [0.05, 0.1) is 6.54 Å². The van der Waals surface area contributed by atoms with Crippen molar-refractivity contribution < 1.29 is 17.0 Å². The van der Waals surface area contributed by atoms with E-state index in [1.807, 2.05) is 0 Å². The topological polar surface area (TPSA) is 88.4 Å². The Morgan fingerprint density at radius 2 is 1.95 bits per heavy atom. The Morgan fingerprint density at radius 3 is 2.52 bits per heavy atom. The molecule has 1 heterocycles. The third-order valence-corrected chi connectivity index (χ3v) is 5.03. The van der Waals surface area contributed by atoms with Crippen LogP contribution in [0.25, 0.3) is 0 Å². The van der Waals surface area contributed by atoms with Crippen LogP contribution in [0.4, 0.5) is 0 Å². The molecule has 0 aliphatic carbocycles. The Hall–Kier alpha value is -0.700. The minimum atomic E-state index is -3.70. The van der Waals surface area contributed by atoms with Crippen LogP contribution in [-0.2, 0) is 27.4 Å². The molecule has 0 fully saturated rings. The minimum absolute atomic E-state index is 0.113. The highest BCUT2D eigenvalue weighted by Crippen LogP contribution is 2.14. The van der Waals surface area contributed by atoms with Crippen LogP contribution in [0.15, 0.2) is 21.6 Å². The van der Waals surface area contributed by atoms with Crippen molar-refractivity contribution in [3.63, 3.8) is 0 Å². The monoisotopic (exact) mass is 336 g/mol. The highest BCUT2D eigenvalue weighted by molar-refractivity contribution is 7.89. The van der Waals surface area contributed by atoms with Gasteiger partial charge >= 0.3 is 0 Å². The molecular weight excluding hydrogens is 312 g/mol. The van der Waals surface area contributed by atoms with E-state index < -0.39 is 26.9 Å². The molecule has 21 heavy (non-hydrogen) atoms. The molecule has 0 saturated heterocycles. The Labute approximate surface area is 129 Å². The van der Waals surface area contributed by atoms with E-state index in [-0.39, 0.29) is 10.8 Å². The van der Waals surface area contributed by atoms with Crippen LogP contribution in [-0.4, -0.2) is 37.2 Å². The molecule has 0 bridgehead atoms. The number of hydrogen-bond acceptors (Lipinski definition) is 5. The van der Waals surface area contributed by atoms with Crippen LogP contribution >= 0.6 is 0 Å². The summed E-state index contributed by atoms with van der Waals surface area (Å²) in [4.78, 5) is 0. The Balaban J connectivity index is 2.63. The lowest BCUT2D eigenvalue weighted by molar-refractivity contribution is 0.393. The lowest BCUT2D eigenvalue weighted by Gasteiger charge is -2.11. The summed E-state index contributed by atoms with van der Waals surface area (Å²) in [6.45, 7) is 7.18. The summed E-state index contributed by atoms with van der Waals surface area (Å²) in [7, 11) is -4.76. The fraction of sp³-hybridized carbons (Fsp3) is 0.692. The van der Waals surface area contributed by atoms with Gasteiger partial charge in [-0.05, 0) is 31.5 Å². The van der Waals surface area contributed by atoms with Crippen molar-refractivity contribution in [3.8, 4) is 0 Å². The van der Waals surface area contributed by atoms with Gasteiger partial charge in [-0.15, -0.1) is 0 Å². The summed E-state index contributed by atoms with van der Waals surface area (Å²) in [5.41, 5.74) is 0. The first kappa shape index (κ1) is 18.3. The number of hydrogen-bond donors (Lipinski definition) is 2. The van der Waals surface area contributed by atoms with E-state index >= 15 is 0 Å². The van der Waals surface area contributed by atoms with Gasteiger partial charge in [-0.25, -0.2) is 13.1 Å². The van der Waals surface area contributed by atoms with Crippen molar-refractivity contribution in [2.75, 3.05) is 18.6 Å². The van der Waals surface area contributed by atoms with Gasteiger partial charge in [0.15, 0.2) is 0 Å². The third kappa shape index (κ3) is 6.73. The molecule has 0 amide bonds. The predicted octanol–water partition coefficient (Wildman–Crippen LogP) is 1.07. The minimum Gasteiger partial charge on any atom is -0.447 e.